The molecule has 3 rings (SSSR count). The molecule has 0 amide bonds. The van der Waals surface area contributed by atoms with Gasteiger partial charge in [-0.3, -0.25) is 0 Å². The first-order chi connectivity index (χ1) is 13.0. The van der Waals surface area contributed by atoms with Crippen molar-refractivity contribution in [3.8, 4) is 28.0 Å². The highest BCUT2D eigenvalue weighted by Gasteiger charge is 2.26. The van der Waals surface area contributed by atoms with E-state index in [-0.39, 0.29) is 10.8 Å². The highest BCUT2D eigenvalue weighted by Crippen LogP contribution is 2.42. The van der Waals surface area contributed by atoms with Gasteiger partial charge in [-0.15, -0.1) is 0 Å². The molecule has 146 valence electrons. The van der Waals surface area contributed by atoms with E-state index in [9.17, 15) is 5.11 Å². The first-order valence-electron chi connectivity index (χ1n) is 10.0. The van der Waals surface area contributed by atoms with Crippen LogP contribution in [-0.2, 0) is 10.8 Å². The fourth-order valence-electron chi connectivity index (χ4n) is 3.55. The number of hydrogen-bond acceptors (Lipinski definition) is 1. The van der Waals surface area contributed by atoms with Gasteiger partial charge in [0.05, 0.1) is 0 Å². The van der Waals surface area contributed by atoms with Crippen LogP contribution < -0.4 is 0 Å². The number of hydrogen-bond donors (Lipinski definition) is 1. The lowest BCUT2D eigenvalue weighted by atomic mass is 9.77. The molecule has 1 nitrogen and oxygen atoms in total. The molecule has 3 aromatic carbocycles. The molecule has 0 saturated carbocycles. The van der Waals surface area contributed by atoms with E-state index in [4.69, 9.17) is 0 Å². The summed E-state index contributed by atoms with van der Waals surface area (Å²) in [6.45, 7) is 15.0. The summed E-state index contributed by atoms with van der Waals surface area (Å²) in [6.07, 6.45) is 0. The Kier molecular flexibility index (Phi) is 5.14. The monoisotopic (exact) mass is 372 g/mol. The standard InChI is InChI=1S/C27H32O/c1-18-8-10-19(11-9-18)20-12-14-21(15-13-20)22-16-23(26(2,3)4)25(28)24(17-22)27(5,6)7/h8-17,28H,1-7H3. The summed E-state index contributed by atoms with van der Waals surface area (Å²) in [5.41, 5.74) is 7.80. The molecule has 0 fully saturated rings. The van der Waals surface area contributed by atoms with Crippen LogP contribution in [-0.4, -0.2) is 5.11 Å². The maximum atomic E-state index is 10.9. The number of aryl methyl sites for hydroxylation is 1. The van der Waals surface area contributed by atoms with Crippen molar-refractivity contribution >= 4 is 0 Å². The maximum absolute atomic E-state index is 10.9. The minimum absolute atomic E-state index is 0.123. The number of benzene rings is 3. The molecular formula is C27H32O. The molecule has 0 aliphatic carbocycles. The van der Waals surface area contributed by atoms with Crippen LogP contribution in [0.1, 0.15) is 58.2 Å². The molecule has 0 unspecified atom stereocenters. The van der Waals surface area contributed by atoms with Crippen molar-refractivity contribution in [3.05, 3.63) is 77.4 Å². The zero-order chi connectivity index (χ0) is 20.7. The van der Waals surface area contributed by atoms with Crippen molar-refractivity contribution in [3.63, 3.8) is 0 Å². The summed E-state index contributed by atoms with van der Waals surface area (Å²) in [4.78, 5) is 0. The predicted molar refractivity (Wildman–Crippen MR) is 121 cm³/mol. The van der Waals surface area contributed by atoms with E-state index < -0.39 is 0 Å². The fraction of sp³-hybridized carbons (Fsp3) is 0.333. The van der Waals surface area contributed by atoms with Gasteiger partial charge in [0.2, 0.25) is 0 Å². The fourth-order valence-corrected chi connectivity index (χ4v) is 3.55. The number of rotatable bonds is 2. The lowest BCUT2D eigenvalue weighted by molar-refractivity contribution is 0.423. The van der Waals surface area contributed by atoms with Crippen LogP contribution in [0.25, 0.3) is 22.3 Å². The molecule has 28 heavy (non-hydrogen) atoms. The summed E-state index contributed by atoms with van der Waals surface area (Å²) in [5, 5.41) is 10.9. The maximum Gasteiger partial charge on any atom is 0.123 e. The van der Waals surface area contributed by atoms with Gasteiger partial charge >= 0.3 is 0 Å². The number of phenolic OH excluding ortho intramolecular Hbond substituents is 1. The third-order valence-corrected chi connectivity index (χ3v) is 5.33. The second kappa shape index (κ2) is 7.13. The predicted octanol–water partition coefficient (Wildman–Crippen LogP) is 7.63. The van der Waals surface area contributed by atoms with Crippen LogP contribution in [0.15, 0.2) is 60.7 Å². The number of aromatic hydroxyl groups is 1. The SMILES string of the molecule is Cc1ccc(-c2ccc(-c3cc(C(C)(C)C)c(O)c(C(C)(C)C)c3)cc2)cc1. The van der Waals surface area contributed by atoms with E-state index in [0.717, 1.165) is 16.7 Å². The van der Waals surface area contributed by atoms with Crippen molar-refractivity contribution < 1.29 is 5.11 Å². The number of phenols is 1. The highest BCUT2D eigenvalue weighted by atomic mass is 16.3. The van der Waals surface area contributed by atoms with Crippen LogP contribution in [0.3, 0.4) is 0 Å². The van der Waals surface area contributed by atoms with E-state index in [1.807, 2.05) is 0 Å². The average Bonchev–Trinajstić information content (AvgIpc) is 2.61. The topological polar surface area (TPSA) is 20.2 Å². The third kappa shape index (κ3) is 4.14. The van der Waals surface area contributed by atoms with E-state index in [1.165, 1.54) is 22.3 Å². The van der Waals surface area contributed by atoms with E-state index >= 15 is 0 Å². The second-order valence-electron chi connectivity index (χ2n) is 9.86. The van der Waals surface area contributed by atoms with Gasteiger partial charge in [-0.1, -0.05) is 95.6 Å². The van der Waals surface area contributed by atoms with Crippen LogP contribution in [0.5, 0.6) is 5.75 Å². The normalized spacial score (nSPS) is 12.2. The molecule has 0 saturated heterocycles. The molecule has 0 heterocycles. The van der Waals surface area contributed by atoms with Gasteiger partial charge in [0.15, 0.2) is 0 Å². The Hall–Kier alpha value is -2.54. The zero-order valence-electron chi connectivity index (χ0n) is 18.2. The van der Waals surface area contributed by atoms with Gasteiger partial charge in [0, 0.05) is 11.1 Å². The second-order valence-corrected chi connectivity index (χ2v) is 9.86. The molecule has 0 atom stereocenters. The minimum atomic E-state index is -0.123. The van der Waals surface area contributed by atoms with Gasteiger partial charge < -0.3 is 5.11 Å². The summed E-state index contributed by atoms with van der Waals surface area (Å²) >= 11 is 0. The van der Waals surface area contributed by atoms with E-state index in [0.29, 0.717) is 5.75 Å². The van der Waals surface area contributed by atoms with Crippen LogP contribution >= 0.6 is 0 Å². The Labute approximate surface area is 170 Å². The Morgan fingerprint density at radius 1 is 0.536 bits per heavy atom. The van der Waals surface area contributed by atoms with Crippen molar-refractivity contribution in [2.75, 3.05) is 0 Å². The Balaban J connectivity index is 2.09. The van der Waals surface area contributed by atoms with Crippen molar-refractivity contribution in [1.29, 1.82) is 0 Å². The third-order valence-electron chi connectivity index (χ3n) is 5.33. The lowest BCUT2D eigenvalue weighted by Gasteiger charge is -2.28. The van der Waals surface area contributed by atoms with Gasteiger partial charge in [0.25, 0.3) is 0 Å². The van der Waals surface area contributed by atoms with Crippen LogP contribution in [0.2, 0.25) is 0 Å². The molecule has 0 radical (unpaired) electrons. The summed E-state index contributed by atoms with van der Waals surface area (Å²) < 4.78 is 0. The van der Waals surface area contributed by atoms with Gasteiger partial charge in [-0.25, -0.2) is 0 Å². The smallest absolute Gasteiger partial charge is 0.123 e. The highest BCUT2D eigenvalue weighted by molar-refractivity contribution is 5.73. The largest absolute Gasteiger partial charge is 0.507 e. The van der Waals surface area contributed by atoms with Crippen LogP contribution in [0, 0.1) is 6.92 Å². The Morgan fingerprint density at radius 3 is 1.21 bits per heavy atom. The van der Waals surface area contributed by atoms with Gasteiger partial charge in [-0.2, -0.15) is 0 Å². The molecule has 0 aliphatic rings. The molecule has 1 heteroatoms. The van der Waals surface area contributed by atoms with E-state index in [2.05, 4.69) is 109 Å². The first-order valence-corrected chi connectivity index (χ1v) is 10.0. The molecule has 1 N–H and O–H groups in total. The van der Waals surface area contributed by atoms with Gasteiger partial charge in [0.1, 0.15) is 5.75 Å². The molecule has 0 aromatic heterocycles. The van der Waals surface area contributed by atoms with E-state index in [1.54, 1.807) is 0 Å². The quantitative estimate of drug-likeness (QED) is 0.490. The van der Waals surface area contributed by atoms with Crippen molar-refractivity contribution in [2.45, 2.75) is 59.3 Å². The van der Waals surface area contributed by atoms with Crippen molar-refractivity contribution in [2.24, 2.45) is 0 Å². The molecule has 0 aliphatic heterocycles. The van der Waals surface area contributed by atoms with Crippen LogP contribution in [0.4, 0.5) is 0 Å². The molecule has 3 aromatic rings. The average molecular weight is 373 g/mol. The molecular weight excluding hydrogens is 340 g/mol. The Bertz CT molecular complexity index is 928. The Morgan fingerprint density at radius 2 is 0.857 bits per heavy atom. The lowest BCUT2D eigenvalue weighted by Crippen LogP contribution is -2.17. The summed E-state index contributed by atoms with van der Waals surface area (Å²) in [7, 11) is 0. The summed E-state index contributed by atoms with van der Waals surface area (Å²) in [5.74, 6) is 0.431. The van der Waals surface area contributed by atoms with Crippen molar-refractivity contribution in [1.82, 2.24) is 0 Å². The molecule has 0 spiro atoms. The zero-order valence-corrected chi connectivity index (χ0v) is 18.2. The first kappa shape index (κ1) is 20.2. The van der Waals surface area contributed by atoms with Gasteiger partial charge in [-0.05, 0) is 52.1 Å². The minimum Gasteiger partial charge on any atom is -0.507 e. The summed E-state index contributed by atoms with van der Waals surface area (Å²) in [6, 6.07) is 21.6. The molecule has 0 bridgehead atoms.